The van der Waals surface area contributed by atoms with Crippen LogP contribution in [0, 0.1) is 5.92 Å². The van der Waals surface area contributed by atoms with E-state index >= 15 is 0 Å². The molecule has 1 aromatic heterocycles. The molecule has 2 aromatic rings. The molecule has 6 heteroatoms. The van der Waals surface area contributed by atoms with Gasteiger partial charge in [-0.25, -0.2) is 9.97 Å². The Morgan fingerprint density at radius 2 is 1.72 bits per heavy atom. The highest BCUT2D eigenvalue weighted by Crippen LogP contribution is 2.24. The number of hydrogen-bond donors (Lipinski definition) is 1. The van der Waals surface area contributed by atoms with Crippen molar-refractivity contribution in [1.29, 1.82) is 0 Å². The average molecular weight is 396 g/mol. The Hall–Kier alpha value is -2.63. The Kier molecular flexibility index (Phi) is 7.44. The number of hydrogen-bond acceptors (Lipinski definition) is 5. The van der Waals surface area contributed by atoms with Gasteiger partial charge in [0.1, 0.15) is 11.5 Å². The summed E-state index contributed by atoms with van der Waals surface area (Å²) in [5.41, 5.74) is 2.32. The Morgan fingerprint density at radius 1 is 1.07 bits per heavy atom. The van der Waals surface area contributed by atoms with Gasteiger partial charge in [-0.15, -0.1) is 0 Å². The van der Waals surface area contributed by atoms with Gasteiger partial charge >= 0.3 is 0 Å². The van der Waals surface area contributed by atoms with E-state index in [1.807, 2.05) is 12.1 Å². The van der Waals surface area contributed by atoms with Crippen molar-refractivity contribution in [1.82, 2.24) is 9.97 Å². The second kappa shape index (κ2) is 10.2. The Balaban J connectivity index is 1.59. The summed E-state index contributed by atoms with van der Waals surface area (Å²) in [6.45, 7) is 10.7. The zero-order valence-corrected chi connectivity index (χ0v) is 17.9. The van der Waals surface area contributed by atoms with Crippen LogP contribution in [0.4, 0.5) is 17.2 Å². The maximum atomic E-state index is 12.5. The largest absolute Gasteiger partial charge is 0.372 e. The van der Waals surface area contributed by atoms with Crippen molar-refractivity contribution in [3.05, 3.63) is 42.4 Å². The minimum absolute atomic E-state index is 0.235. The van der Waals surface area contributed by atoms with Crippen molar-refractivity contribution < 1.29 is 4.79 Å². The van der Waals surface area contributed by atoms with Crippen LogP contribution in [0.3, 0.4) is 0 Å². The summed E-state index contributed by atoms with van der Waals surface area (Å²) < 4.78 is 0. The molecule has 0 saturated carbocycles. The number of amides is 1. The van der Waals surface area contributed by atoms with E-state index in [0.717, 1.165) is 56.4 Å². The van der Waals surface area contributed by atoms with Crippen molar-refractivity contribution in [2.45, 2.75) is 46.5 Å². The van der Waals surface area contributed by atoms with E-state index in [9.17, 15) is 4.79 Å². The highest BCUT2D eigenvalue weighted by Gasteiger charge is 2.16. The minimum atomic E-state index is -0.235. The van der Waals surface area contributed by atoms with Gasteiger partial charge in [-0.3, -0.25) is 4.79 Å². The molecule has 0 spiro atoms. The lowest BCUT2D eigenvalue weighted by atomic mass is 9.99. The number of carbonyl (C=O) groups is 1. The first-order valence-corrected chi connectivity index (χ1v) is 10.8. The molecule has 0 bridgehead atoms. The van der Waals surface area contributed by atoms with Crippen LogP contribution in [-0.2, 0) is 0 Å². The van der Waals surface area contributed by atoms with Crippen LogP contribution in [0.5, 0.6) is 0 Å². The number of nitrogens with one attached hydrogen (secondary N) is 1. The van der Waals surface area contributed by atoms with Gasteiger partial charge in [0, 0.05) is 37.6 Å². The average Bonchev–Trinajstić information content (AvgIpc) is 2.75. The lowest BCUT2D eigenvalue weighted by Crippen LogP contribution is -2.32. The zero-order chi connectivity index (χ0) is 20.6. The summed E-state index contributed by atoms with van der Waals surface area (Å²) in [6.07, 6.45) is 7.84. The zero-order valence-electron chi connectivity index (χ0n) is 17.9. The molecule has 1 N–H and O–H groups in total. The fourth-order valence-corrected chi connectivity index (χ4v) is 3.70. The van der Waals surface area contributed by atoms with E-state index in [4.69, 9.17) is 0 Å². The first-order chi connectivity index (χ1) is 14.1. The van der Waals surface area contributed by atoms with Gasteiger partial charge in [0.25, 0.3) is 5.91 Å². The summed E-state index contributed by atoms with van der Waals surface area (Å²) in [5.74, 6) is 1.40. The van der Waals surface area contributed by atoms with Gasteiger partial charge in [-0.1, -0.05) is 20.8 Å². The first-order valence-electron chi connectivity index (χ1n) is 10.8. The van der Waals surface area contributed by atoms with E-state index in [1.165, 1.54) is 18.5 Å². The monoisotopic (exact) mass is 395 g/mol. The standard InChI is InChI=1S/C23H33N5O/c1-4-12-28(13-5-2)22-17-24-21(16-25-22)23(29)26-19-6-8-20(9-7-19)27-14-10-18(3)11-15-27/h6-9,16-18H,4-5,10-15H2,1-3H3,(H,26,29). The van der Waals surface area contributed by atoms with Crippen molar-refractivity contribution in [3.8, 4) is 0 Å². The molecule has 1 aliphatic heterocycles. The van der Waals surface area contributed by atoms with Crippen LogP contribution >= 0.6 is 0 Å². The van der Waals surface area contributed by atoms with Crippen LogP contribution in [0.25, 0.3) is 0 Å². The van der Waals surface area contributed by atoms with Crippen LogP contribution in [0.15, 0.2) is 36.7 Å². The maximum absolute atomic E-state index is 12.5. The summed E-state index contributed by atoms with van der Waals surface area (Å²) in [4.78, 5) is 25.9. The Labute approximate surface area is 174 Å². The van der Waals surface area contributed by atoms with Crippen molar-refractivity contribution >= 4 is 23.1 Å². The van der Waals surface area contributed by atoms with Gasteiger partial charge < -0.3 is 15.1 Å². The van der Waals surface area contributed by atoms with Gasteiger partial charge in [-0.2, -0.15) is 0 Å². The molecule has 2 heterocycles. The number of nitrogens with zero attached hydrogens (tertiary/aromatic N) is 4. The molecule has 1 aliphatic rings. The molecule has 3 rings (SSSR count). The predicted octanol–water partition coefficient (Wildman–Crippen LogP) is 4.59. The lowest BCUT2D eigenvalue weighted by Gasteiger charge is -2.32. The molecule has 1 aromatic carbocycles. The highest BCUT2D eigenvalue weighted by molar-refractivity contribution is 6.02. The molecule has 1 fully saturated rings. The van der Waals surface area contributed by atoms with E-state index in [2.05, 4.69) is 58.0 Å². The first kappa shape index (κ1) is 21.1. The predicted molar refractivity (Wildman–Crippen MR) is 120 cm³/mol. The van der Waals surface area contributed by atoms with Crippen molar-refractivity contribution in [2.24, 2.45) is 5.92 Å². The fraction of sp³-hybridized carbons (Fsp3) is 0.522. The minimum Gasteiger partial charge on any atom is -0.372 e. The van der Waals surface area contributed by atoms with E-state index in [1.54, 1.807) is 12.4 Å². The summed E-state index contributed by atoms with van der Waals surface area (Å²) >= 11 is 0. The molecular formula is C23H33N5O. The van der Waals surface area contributed by atoms with Gasteiger partial charge in [0.05, 0.1) is 12.4 Å². The number of benzene rings is 1. The summed E-state index contributed by atoms with van der Waals surface area (Å²) in [7, 11) is 0. The molecular weight excluding hydrogens is 362 g/mol. The number of anilines is 3. The number of piperidine rings is 1. The van der Waals surface area contributed by atoms with Crippen molar-refractivity contribution in [2.75, 3.05) is 41.3 Å². The van der Waals surface area contributed by atoms with Crippen molar-refractivity contribution in [3.63, 3.8) is 0 Å². The molecule has 0 atom stereocenters. The van der Waals surface area contributed by atoms with E-state index < -0.39 is 0 Å². The van der Waals surface area contributed by atoms with Gasteiger partial charge in [-0.05, 0) is 55.9 Å². The third-order valence-corrected chi connectivity index (χ3v) is 5.46. The molecule has 0 aliphatic carbocycles. The normalized spacial score (nSPS) is 14.7. The molecule has 1 amide bonds. The molecule has 29 heavy (non-hydrogen) atoms. The van der Waals surface area contributed by atoms with Crippen LogP contribution in [0.2, 0.25) is 0 Å². The topological polar surface area (TPSA) is 61.4 Å². The third-order valence-electron chi connectivity index (χ3n) is 5.46. The number of carbonyl (C=O) groups excluding carboxylic acids is 1. The quantitative estimate of drug-likeness (QED) is 0.708. The van der Waals surface area contributed by atoms with Gasteiger partial charge in [0.2, 0.25) is 0 Å². The lowest BCUT2D eigenvalue weighted by molar-refractivity contribution is 0.102. The second-order valence-electron chi connectivity index (χ2n) is 7.92. The van der Waals surface area contributed by atoms with Gasteiger partial charge in [0.15, 0.2) is 0 Å². The highest BCUT2D eigenvalue weighted by atomic mass is 16.1. The van der Waals surface area contributed by atoms with Crippen LogP contribution in [0.1, 0.15) is 56.9 Å². The molecule has 1 saturated heterocycles. The SMILES string of the molecule is CCCN(CCC)c1cnc(C(=O)Nc2ccc(N3CCC(C)CC3)cc2)cn1. The second-order valence-corrected chi connectivity index (χ2v) is 7.92. The molecule has 0 radical (unpaired) electrons. The summed E-state index contributed by atoms with van der Waals surface area (Å²) in [6, 6.07) is 8.07. The third kappa shape index (κ3) is 5.68. The van der Waals surface area contributed by atoms with Crippen LogP contribution < -0.4 is 15.1 Å². The number of aromatic nitrogens is 2. The van der Waals surface area contributed by atoms with E-state index in [0.29, 0.717) is 5.69 Å². The Bertz CT molecular complexity index is 761. The Morgan fingerprint density at radius 3 is 2.28 bits per heavy atom. The molecule has 0 unspecified atom stereocenters. The molecule has 156 valence electrons. The maximum Gasteiger partial charge on any atom is 0.275 e. The van der Waals surface area contributed by atoms with Crippen LogP contribution in [-0.4, -0.2) is 42.1 Å². The smallest absolute Gasteiger partial charge is 0.275 e. The molecule has 6 nitrogen and oxygen atoms in total. The summed E-state index contributed by atoms with van der Waals surface area (Å²) in [5, 5.41) is 2.92. The fourth-order valence-electron chi connectivity index (χ4n) is 3.70. The van der Waals surface area contributed by atoms with E-state index in [-0.39, 0.29) is 5.91 Å². The number of rotatable bonds is 8.